The molecule has 1 aliphatic heterocycles. The normalized spacial score (nSPS) is 16.2. The van der Waals surface area contributed by atoms with Crippen molar-refractivity contribution < 1.29 is 4.79 Å². The van der Waals surface area contributed by atoms with Crippen LogP contribution in [0.4, 0.5) is 11.4 Å². The van der Waals surface area contributed by atoms with Gasteiger partial charge in [0.15, 0.2) is 0 Å². The van der Waals surface area contributed by atoms with E-state index in [0.29, 0.717) is 22.2 Å². The molecule has 0 fully saturated rings. The van der Waals surface area contributed by atoms with Gasteiger partial charge in [-0.25, -0.2) is 0 Å². The molecule has 3 nitrogen and oxygen atoms in total. The monoisotopic (exact) mass is 320 g/mol. The molecule has 0 saturated carbocycles. The number of benzene rings is 2. The highest BCUT2D eigenvalue weighted by Gasteiger charge is 2.24. The second kappa shape index (κ2) is 5.96. The van der Waals surface area contributed by atoms with Crippen molar-refractivity contribution >= 4 is 40.5 Å². The van der Waals surface area contributed by atoms with Crippen LogP contribution >= 0.6 is 23.2 Å². The first-order valence-electron chi connectivity index (χ1n) is 6.72. The summed E-state index contributed by atoms with van der Waals surface area (Å²) in [7, 11) is 0. The first kappa shape index (κ1) is 14.2. The molecular weight excluding hydrogens is 307 g/mol. The summed E-state index contributed by atoms with van der Waals surface area (Å²) in [6.07, 6.45) is 0.410. The molecular formula is C16H14Cl2N2O. The maximum absolute atomic E-state index is 12.2. The molecule has 3 rings (SSSR count). The number of carbonyl (C=O) groups is 1. The number of carbonyl (C=O) groups excluding carboxylic acids is 1. The molecule has 1 atom stereocenters. The van der Waals surface area contributed by atoms with Gasteiger partial charge in [0.05, 0.1) is 15.7 Å². The van der Waals surface area contributed by atoms with Crippen LogP contribution in [0.5, 0.6) is 0 Å². The van der Waals surface area contributed by atoms with Crippen LogP contribution in [0.25, 0.3) is 0 Å². The summed E-state index contributed by atoms with van der Waals surface area (Å²) < 4.78 is 0. The van der Waals surface area contributed by atoms with E-state index in [0.717, 1.165) is 12.2 Å². The SMILES string of the molecule is O=C(CC1CNc2ccccc21)Nc1cccc(Cl)c1Cl. The van der Waals surface area contributed by atoms with E-state index in [9.17, 15) is 4.79 Å². The quantitative estimate of drug-likeness (QED) is 0.872. The molecule has 2 aromatic carbocycles. The Hall–Kier alpha value is -1.71. The van der Waals surface area contributed by atoms with Gasteiger partial charge >= 0.3 is 0 Å². The number of amides is 1. The Balaban J connectivity index is 1.69. The van der Waals surface area contributed by atoms with E-state index in [-0.39, 0.29) is 11.8 Å². The number of nitrogens with one attached hydrogen (secondary N) is 2. The number of fused-ring (bicyclic) bond motifs is 1. The lowest BCUT2D eigenvalue weighted by atomic mass is 9.97. The first-order valence-corrected chi connectivity index (χ1v) is 7.47. The molecule has 108 valence electrons. The lowest BCUT2D eigenvalue weighted by Crippen LogP contribution is -2.17. The molecule has 1 aliphatic rings. The summed E-state index contributed by atoms with van der Waals surface area (Å²) in [6, 6.07) is 13.3. The smallest absolute Gasteiger partial charge is 0.225 e. The second-order valence-electron chi connectivity index (χ2n) is 5.02. The zero-order valence-electron chi connectivity index (χ0n) is 11.2. The van der Waals surface area contributed by atoms with Gasteiger partial charge in [0.1, 0.15) is 0 Å². The van der Waals surface area contributed by atoms with E-state index >= 15 is 0 Å². The third kappa shape index (κ3) is 2.99. The van der Waals surface area contributed by atoms with Crippen LogP contribution in [-0.2, 0) is 4.79 Å². The molecule has 21 heavy (non-hydrogen) atoms. The fourth-order valence-electron chi connectivity index (χ4n) is 2.56. The van der Waals surface area contributed by atoms with Crippen LogP contribution < -0.4 is 10.6 Å². The van der Waals surface area contributed by atoms with Crippen molar-refractivity contribution in [1.82, 2.24) is 0 Å². The van der Waals surface area contributed by atoms with Crippen molar-refractivity contribution in [3.05, 3.63) is 58.1 Å². The van der Waals surface area contributed by atoms with E-state index < -0.39 is 0 Å². The standard InChI is InChI=1S/C16H14Cl2N2O/c17-12-5-3-7-14(16(12)18)20-15(21)8-10-9-19-13-6-2-1-4-11(10)13/h1-7,10,19H,8-9H2,(H,20,21). The maximum Gasteiger partial charge on any atom is 0.225 e. The molecule has 1 amide bonds. The number of hydrogen-bond acceptors (Lipinski definition) is 2. The predicted octanol–water partition coefficient (Wildman–Crippen LogP) is 4.53. The van der Waals surface area contributed by atoms with Gasteiger partial charge in [0.25, 0.3) is 0 Å². The van der Waals surface area contributed by atoms with Gasteiger partial charge in [-0.3, -0.25) is 4.79 Å². The highest BCUT2D eigenvalue weighted by molar-refractivity contribution is 6.43. The highest BCUT2D eigenvalue weighted by atomic mass is 35.5. The van der Waals surface area contributed by atoms with Gasteiger partial charge in [-0.05, 0) is 23.8 Å². The highest BCUT2D eigenvalue weighted by Crippen LogP contribution is 2.34. The van der Waals surface area contributed by atoms with Crippen LogP contribution in [0.2, 0.25) is 10.0 Å². The van der Waals surface area contributed by atoms with Gasteiger partial charge in [-0.15, -0.1) is 0 Å². The Labute approximate surface area is 133 Å². The van der Waals surface area contributed by atoms with Gasteiger partial charge in [-0.1, -0.05) is 47.5 Å². The first-order chi connectivity index (χ1) is 10.1. The van der Waals surface area contributed by atoms with Crippen LogP contribution in [0, 0.1) is 0 Å². The minimum absolute atomic E-state index is 0.0670. The Morgan fingerprint density at radius 2 is 2.00 bits per heavy atom. The fraction of sp³-hybridized carbons (Fsp3) is 0.188. The summed E-state index contributed by atoms with van der Waals surface area (Å²) in [4.78, 5) is 12.2. The molecule has 5 heteroatoms. The van der Waals surface area contributed by atoms with Gasteiger partial charge in [0, 0.05) is 24.6 Å². The third-order valence-corrected chi connectivity index (χ3v) is 4.42. The number of hydrogen-bond donors (Lipinski definition) is 2. The minimum atomic E-state index is -0.0670. The molecule has 2 N–H and O–H groups in total. The summed E-state index contributed by atoms with van der Waals surface area (Å²) in [5.74, 6) is 0.113. The van der Waals surface area contributed by atoms with Crippen LogP contribution in [0.3, 0.4) is 0 Å². The van der Waals surface area contributed by atoms with Gasteiger partial charge in [-0.2, -0.15) is 0 Å². The Bertz CT molecular complexity index is 688. The lowest BCUT2D eigenvalue weighted by molar-refractivity contribution is -0.116. The molecule has 0 aliphatic carbocycles. The largest absolute Gasteiger partial charge is 0.384 e. The summed E-state index contributed by atoms with van der Waals surface area (Å²) in [6.45, 7) is 0.774. The number of halogens is 2. The van der Waals surface area contributed by atoms with E-state index in [1.807, 2.05) is 18.2 Å². The third-order valence-electron chi connectivity index (χ3n) is 3.60. The molecule has 0 aromatic heterocycles. The van der Waals surface area contributed by atoms with Crippen LogP contribution in [-0.4, -0.2) is 12.5 Å². The summed E-state index contributed by atoms with van der Waals surface area (Å²) in [5.41, 5.74) is 2.84. The average molecular weight is 321 g/mol. The summed E-state index contributed by atoms with van der Waals surface area (Å²) in [5, 5.41) is 6.94. The van der Waals surface area contributed by atoms with E-state index in [1.165, 1.54) is 5.56 Å². The second-order valence-corrected chi connectivity index (χ2v) is 5.80. The zero-order chi connectivity index (χ0) is 14.8. The Morgan fingerprint density at radius 1 is 1.19 bits per heavy atom. The van der Waals surface area contributed by atoms with Crippen LogP contribution in [0.1, 0.15) is 17.9 Å². The lowest BCUT2D eigenvalue weighted by Gasteiger charge is -2.12. The molecule has 0 radical (unpaired) electrons. The molecule has 1 unspecified atom stereocenters. The molecule has 0 saturated heterocycles. The van der Waals surface area contributed by atoms with Crippen molar-refractivity contribution in [2.24, 2.45) is 0 Å². The van der Waals surface area contributed by atoms with E-state index in [1.54, 1.807) is 18.2 Å². The molecule has 0 bridgehead atoms. The van der Waals surface area contributed by atoms with E-state index in [2.05, 4.69) is 16.7 Å². The van der Waals surface area contributed by atoms with Crippen molar-refractivity contribution in [2.75, 3.05) is 17.2 Å². The number of para-hydroxylation sites is 1. The summed E-state index contributed by atoms with van der Waals surface area (Å²) >= 11 is 12.0. The number of anilines is 2. The van der Waals surface area contributed by atoms with Crippen molar-refractivity contribution in [3.63, 3.8) is 0 Å². The Morgan fingerprint density at radius 3 is 2.86 bits per heavy atom. The zero-order valence-corrected chi connectivity index (χ0v) is 12.7. The van der Waals surface area contributed by atoms with Gasteiger partial charge in [0.2, 0.25) is 5.91 Å². The van der Waals surface area contributed by atoms with Crippen molar-refractivity contribution in [3.8, 4) is 0 Å². The van der Waals surface area contributed by atoms with Crippen LogP contribution in [0.15, 0.2) is 42.5 Å². The average Bonchev–Trinajstić information content (AvgIpc) is 2.87. The van der Waals surface area contributed by atoms with E-state index in [4.69, 9.17) is 23.2 Å². The Kier molecular flexibility index (Phi) is 4.04. The molecule has 1 heterocycles. The fourth-order valence-corrected chi connectivity index (χ4v) is 2.91. The topological polar surface area (TPSA) is 41.1 Å². The van der Waals surface area contributed by atoms with Crippen molar-refractivity contribution in [2.45, 2.75) is 12.3 Å². The molecule has 2 aromatic rings. The maximum atomic E-state index is 12.2. The number of rotatable bonds is 3. The van der Waals surface area contributed by atoms with Crippen molar-refractivity contribution in [1.29, 1.82) is 0 Å². The minimum Gasteiger partial charge on any atom is -0.384 e. The van der Waals surface area contributed by atoms with Gasteiger partial charge < -0.3 is 10.6 Å². The predicted molar refractivity (Wildman–Crippen MR) is 87.4 cm³/mol. The molecule has 0 spiro atoms.